The predicted molar refractivity (Wildman–Crippen MR) is 124 cm³/mol. The van der Waals surface area contributed by atoms with Gasteiger partial charge in [0.05, 0.1) is 0 Å². The van der Waals surface area contributed by atoms with E-state index in [9.17, 15) is 0 Å². The Labute approximate surface area is 173 Å². The van der Waals surface area contributed by atoms with Crippen LogP contribution in [0.5, 0.6) is 0 Å². The SMILES string of the molecule is c1ccc2c3c(cc(Cc4cc5c(c6ccccc46)CCCC5)c2c1)CCCC3. The van der Waals surface area contributed by atoms with Crippen LogP contribution in [0.3, 0.4) is 0 Å². The molecule has 2 aliphatic rings. The minimum Gasteiger partial charge on any atom is -0.0616 e. The zero-order valence-corrected chi connectivity index (χ0v) is 17.1. The standard InChI is InChI=1S/C29H28/c1-3-11-24-20(9-1)17-22(26-13-5-7-15-28(24)26)19-23-18-21-10-2-4-12-25(21)29-16-8-6-14-27(23)29/h5-8,13-18H,1-4,9-12,19H2. The number of hydrogen-bond acceptors (Lipinski definition) is 0. The molecular weight excluding hydrogens is 348 g/mol. The van der Waals surface area contributed by atoms with E-state index in [0.717, 1.165) is 6.42 Å². The Kier molecular flexibility index (Phi) is 4.18. The molecule has 0 nitrogen and oxygen atoms in total. The lowest BCUT2D eigenvalue weighted by atomic mass is 9.82. The van der Waals surface area contributed by atoms with Gasteiger partial charge in [0.1, 0.15) is 0 Å². The zero-order chi connectivity index (χ0) is 19.2. The van der Waals surface area contributed by atoms with E-state index in [4.69, 9.17) is 0 Å². The van der Waals surface area contributed by atoms with E-state index >= 15 is 0 Å². The highest BCUT2D eigenvalue weighted by atomic mass is 14.2. The summed E-state index contributed by atoms with van der Waals surface area (Å²) >= 11 is 0. The van der Waals surface area contributed by atoms with Crippen molar-refractivity contribution in [2.24, 2.45) is 0 Å². The fraction of sp³-hybridized carbons (Fsp3) is 0.310. The molecule has 0 fully saturated rings. The van der Waals surface area contributed by atoms with Crippen molar-refractivity contribution in [3.63, 3.8) is 0 Å². The van der Waals surface area contributed by atoms with Gasteiger partial charge in [0.2, 0.25) is 0 Å². The molecule has 29 heavy (non-hydrogen) atoms. The molecule has 0 heterocycles. The van der Waals surface area contributed by atoms with Gasteiger partial charge in [0, 0.05) is 0 Å². The first-order valence-electron chi connectivity index (χ1n) is 11.4. The summed E-state index contributed by atoms with van der Waals surface area (Å²) in [6.07, 6.45) is 11.4. The second-order valence-electron chi connectivity index (χ2n) is 9.03. The molecule has 0 saturated heterocycles. The first-order chi connectivity index (χ1) is 14.4. The van der Waals surface area contributed by atoms with Gasteiger partial charge in [-0.25, -0.2) is 0 Å². The molecule has 0 unspecified atom stereocenters. The van der Waals surface area contributed by atoms with Crippen LogP contribution in [-0.2, 0) is 32.1 Å². The largest absolute Gasteiger partial charge is 0.0616 e. The Bertz CT molecular complexity index is 1130. The van der Waals surface area contributed by atoms with Crippen molar-refractivity contribution >= 4 is 21.5 Å². The number of fused-ring (bicyclic) bond motifs is 6. The zero-order valence-electron chi connectivity index (χ0n) is 17.1. The molecule has 0 spiro atoms. The van der Waals surface area contributed by atoms with E-state index in [2.05, 4.69) is 60.7 Å². The molecule has 0 N–H and O–H groups in total. The van der Waals surface area contributed by atoms with Crippen LogP contribution < -0.4 is 0 Å². The van der Waals surface area contributed by atoms with Gasteiger partial charge in [-0.1, -0.05) is 60.7 Å². The lowest BCUT2D eigenvalue weighted by Crippen LogP contribution is -2.07. The molecule has 0 saturated carbocycles. The maximum atomic E-state index is 2.55. The Hall–Kier alpha value is -2.60. The lowest BCUT2D eigenvalue weighted by molar-refractivity contribution is 0.688. The number of rotatable bonds is 2. The van der Waals surface area contributed by atoms with Crippen LogP contribution in [-0.4, -0.2) is 0 Å². The predicted octanol–water partition coefficient (Wildman–Crippen LogP) is 7.34. The molecule has 0 atom stereocenters. The molecule has 0 amide bonds. The van der Waals surface area contributed by atoms with Crippen LogP contribution in [0.15, 0.2) is 60.7 Å². The van der Waals surface area contributed by atoms with E-state index in [1.54, 1.807) is 22.3 Å². The van der Waals surface area contributed by atoms with Crippen LogP contribution >= 0.6 is 0 Å². The normalized spacial score (nSPS) is 16.0. The molecule has 2 aliphatic carbocycles. The van der Waals surface area contributed by atoms with Crippen molar-refractivity contribution < 1.29 is 0 Å². The Balaban J connectivity index is 1.55. The van der Waals surface area contributed by atoms with Gasteiger partial charge < -0.3 is 0 Å². The highest BCUT2D eigenvalue weighted by Crippen LogP contribution is 2.36. The summed E-state index contributed by atoms with van der Waals surface area (Å²) in [6.45, 7) is 0. The van der Waals surface area contributed by atoms with Crippen molar-refractivity contribution in [3.8, 4) is 0 Å². The van der Waals surface area contributed by atoms with Crippen molar-refractivity contribution in [2.75, 3.05) is 0 Å². The van der Waals surface area contributed by atoms with Gasteiger partial charge in [-0.2, -0.15) is 0 Å². The summed E-state index contributed by atoms with van der Waals surface area (Å²) in [5, 5.41) is 5.94. The van der Waals surface area contributed by atoms with Crippen LogP contribution in [0.25, 0.3) is 21.5 Å². The third-order valence-corrected chi connectivity index (χ3v) is 7.30. The number of benzene rings is 4. The maximum Gasteiger partial charge on any atom is -0.00132 e. The van der Waals surface area contributed by atoms with Gasteiger partial charge in [0.25, 0.3) is 0 Å². The summed E-state index contributed by atoms with van der Waals surface area (Å²) in [4.78, 5) is 0. The highest BCUT2D eigenvalue weighted by molar-refractivity contribution is 5.93. The van der Waals surface area contributed by atoms with E-state index in [1.165, 1.54) is 84.0 Å². The Morgan fingerprint density at radius 2 is 0.897 bits per heavy atom. The second-order valence-corrected chi connectivity index (χ2v) is 9.03. The van der Waals surface area contributed by atoms with Crippen LogP contribution in [0.2, 0.25) is 0 Å². The average Bonchev–Trinajstić information content (AvgIpc) is 2.79. The molecule has 0 bridgehead atoms. The maximum absolute atomic E-state index is 2.55. The van der Waals surface area contributed by atoms with Crippen LogP contribution in [0.4, 0.5) is 0 Å². The first kappa shape index (κ1) is 17.3. The molecule has 0 heteroatoms. The smallest absolute Gasteiger partial charge is 0.00132 e. The van der Waals surface area contributed by atoms with Crippen molar-refractivity contribution in [3.05, 3.63) is 94.0 Å². The van der Waals surface area contributed by atoms with E-state index in [1.807, 2.05) is 0 Å². The Morgan fingerprint density at radius 3 is 1.38 bits per heavy atom. The molecule has 0 aliphatic heterocycles. The van der Waals surface area contributed by atoms with E-state index in [0.29, 0.717) is 0 Å². The summed E-state index contributed by atoms with van der Waals surface area (Å²) in [6, 6.07) is 23.4. The molecule has 6 rings (SSSR count). The number of aryl methyl sites for hydroxylation is 4. The fourth-order valence-electron chi connectivity index (χ4n) is 5.92. The monoisotopic (exact) mass is 376 g/mol. The van der Waals surface area contributed by atoms with Crippen LogP contribution in [0, 0.1) is 0 Å². The molecular formula is C29H28. The quantitative estimate of drug-likeness (QED) is 0.343. The summed E-state index contributed by atoms with van der Waals surface area (Å²) in [5.74, 6) is 0. The third kappa shape index (κ3) is 2.89. The van der Waals surface area contributed by atoms with Crippen LogP contribution in [0.1, 0.15) is 59.1 Å². The molecule has 144 valence electrons. The molecule has 4 aromatic rings. The molecule has 0 radical (unpaired) electrons. The van der Waals surface area contributed by atoms with Gasteiger partial charge in [-0.15, -0.1) is 0 Å². The molecule has 0 aromatic heterocycles. The first-order valence-corrected chi connectivity index (χ1v) is 11.4. The number of hydrogen-bond donors (Lipinski definition) is 0. The second kappa shape index (κ2) is 7.02. The lowest BCUT2D eigenvalue weighted by Gasteiger charge is -2.23. The Morgan fingerprint density at radius 1 is 0.483 bits per heavy atom. The molecule has 4 aromatic carbocycles. The minimum absolute atomic E-state index is 1.04. The van der Waals surface area contributed by atoms with E-state index in [-0.39, 0.29) is 0 Å². The summed E-state index contributed by atoms with van der Waals surface area (Å²) < 4.78 is 0. The van der Waals surface area contributed by atoms with Crippen molar-refractivity contribution in [1.29, 1.82) is 0 Å². The minimum atomic E-state index is 1.04. The summed E-state index contributed by atoms with van der Waals surface area (Å²) in [5.41, 5.74) is 9.47. The highest BCUT2D eigenvalue weighted by Gasteiger charge is 2.18. The van der Waals surface area contributed by atoms with Crippen molar-refractivity contribution in [2.45, 2.75) is 57.8 Å². The van der Waals surface area contributed by atoms with E-state index < -0.39 is 0 Å². The van der Waals surface area contributed by atoms with Gasteiger partial charge >= 0.3 is 0 Å². The van der Waals surface area contributed by atoms with Gasteiger partial charge in [-0.3, -0.25) is 0 Å². The van der Waals surface area contributed by atoms with Crippen molar-refractivity contribution in [1.82, 2.24) is 0 Å². The summed E-state index contributed by atoms with van der Waals surface area (Å²) in [7, 11) is 0. The average molecular weight is 377 g/mol. The van der Waals surface area contributed by atoms with Gasteiger partial charge in [0.15, 0.2) is 0 Å². The van der Waals surface area contributed by atoms with Gasteiger partial charge in [-0.05, 0) is 113 Å². The topological polar surface area (TPSA) is 0 Å². The third-order valence-electron chi connectivity index (χ3n) is 7.30. The fourth-order valence-corrected chi connectivity index (χ4v) is 5.92.